The first-order valence-corrected chi connectivity index (χ1v) is 5.11. The van der Waals surface area contributed by atoms with Crippen LogP contribution in [-0.2, 0) is 0 Å². The van der Waals surface area contributed by atoms with E-state index in [9.17, 15) is 0 Å². The maximum absolute atomic E-state index is 5.22. The zero-order valence-electron chi connectivity index (χ0n) is 8.04. The molecule has 14 heavy (non-hydrogen) atoms. The SMILES string of the molecule is COc1nc(C)cc2cc(Br)ccc12. The van der Waals surface area contributed by atoms with Crippen LogP contribution in [0.5, 0.6) is 5.88 Å². The fourth-order valence-corrected chi connectivity index (χ4v) is 1.86. The van der Waals surface area contributed by atoms with Gasteiger partial charge in [-0.25, -0.2) is 4.98 Å². The Morgan fingerprint density at radius 3 is 2.79 bits per heavy atom. The molecule has 1 heterocycles. The maximum Gasteiger partial charge on any atom is 0.221 e. The molecular formula is C11H10BrNO. The molecule has 2 nitrogen and oxygen atoms in total. The molecule has 0 unspecified atom stereocenters. The van der Waals surface area contributed by atoms with Crippen molar-refractivity contribution in [3.63, 3.8) is 0 Å². The number of aromatic nitrogens is 1. The van der Waals surface area contributed by atoms with Gasteiger partial charge in [-0.1, -0.05) is 15.9 Å². The molecule has 0 fully saturated rings. The Bertz CT molecular complexity index is 477. The summed E-state index contributed by atoms with van der Waals surface area (Å²) < 4.78 is 6.29. The fourth-order valence-electron chi connectivity index (χ4n) is 1.48. The molecule has 2 aromatic rings. The van der Waals surface area contributed by atoms with Crippen LogP contribution in [-0.4, -0.2) is 12.1 Å². The number of halogens is 1. The highest BCUT2D eigenvalue weighted by atomic mass is 79.9. The molecule has 0 amide bonds. The second-order valence-electron chi connectivity index (χ2n) is 3.14. The minimum Gasteiger partial charge on any atom is -0.481 e. The number of hydrogen-bond donors (Lipinski definition) is 0. The van der Waals surface area contributed by atoms with Gasteiger partial charge in [-0.05, 0) is 36.6 Å². The van der Waals surface area contributed by atoms with E-state index >= 15 is 0 Å². The molecule has 1 aromatic heterocycles. The van der Waals surface area contributed by atoms with Crippen molar-refractivity contribution in [2.24, 2.45) is 0 Å². The van der Waals surface area contributed by atoms with Crippen molar-refractivity contribution >= 4 is 26.7 Å². The van der Waals surface area contributed by atoms with Crippen molar-refractivity contribution < 1.29 is 4.74 Å². The molecule has 0 aliphatic rings. The van der Waals surface area contributed by atoms with Crippen LogP contribution < -0.4 is 4.74 Å². The third-order valence-electron chi connectivity index (χ3n) is 2.08. The molecule has 0 aliphatic heterocycles. The zero-order valence-corrected chi connectivity index (χ0v) is 9.63. The summed E-state index contributed by atoms with van der Waals surface area (Å²) in [5.74, 6) is 0.688. The van der Waals surface area contributed by atoms with Gasteiger partial charge in [0.05, 0.1) is 7.11 Å². The number of aryl methyl sites for hydroxylation is 1. The normalized spacial score (nSPS) is 10.5. The molecule has 3 heteroatoms. The van der Waals surface area contributed by atoms with Crippen LogP contribution in [0.3, 0.4) is 0 Å². The molecule has 0 aliphatic carbocycles. The molecule has 0 radical (unpaired) electrons. The predicted molar refractivity (Wildman–Crippen MR) is 60.7 cm³/mol. The Hall–Kier alpha value is -1.09. The number of benzene rings is 1. The molecule has 0 bridgehead atoms. The second-order valence-corrected chi connectivity index (χ2v) is 4.05. The number of nitrogens with zero attached hydrogens (tertiary/aromatic N) is 1. The lowest BCUT2D eigenvalue weighted by Gasteiger charge is -2.05. The monoisotopic (exact) mass is 251 g/mol. The van der Waals surface area contributed by atoms with Gasteiger partial charge in [0.15, 0.2) is 0 Å². The molecule has 2 rings (SSSR count). The number of pyridine rings is 1. The van der Waals surface area contributed by atoms with Gasteiger partial charge >= 0.3 is 0 Å². The van der Waals surface area contributed by atoms with Crippen LogP contribution in [0.1, 0.15) is 5.69 Å². The van der Waals surface area contributed by atoms with Crippen LogP contribution in [0.2, 0.25) is 0 Å². The number of hydrogen-bond acceptors (Lipinski definition) is 2. The Labute approximate surface area is 91.0 Å². The predicted octanol–water partition coefficient (Wildman–Crippen LogP) is 3.31. The zero-order chi connectivity index (χ0) is 10.1. The average Bonchev–Trinajstić information content (AvgIpc) is 2.15. The highest BCUT2D eigenvalue weighted by Gasteiger charge is 2.04. The molecule has 1 aromatic carbocycles. The van der Waals surface area contributed by atoms with Crippen LogP contribution in [0.25, 0.3) is 10.8 Å². The summed E-state index contributed by atoms with van der Waals surface area (Å²) in [7, 11) is 1.64. The first-order valence-electron chi connectivity index (χ1n) is 4.31. The van der Waals surface area contributed by atoms with E-state index in [2.05, 4.69) is 27.0 Å². The van der Waals surface area contributed by atoms with Gasteiger partial charge in [-0.15, -0.1) is 0 Å². The Morgan fingerprint density at radius 2 is 2.07 bits per heavy atom. The van der Waals surface area contributed by atoms with Crippen LogP contribution in [0, 0.1) is 6.92 Å². The number of fused-ring (bicyclic) bond motifs is 1. The van der Waals surface area contributed by atoms with E-state index in [1.165, 1.54) is 0 Å². The number of methoxy groups -OCH3 is 1. The van der Waals surface area contributed by atoms with E-state index in [0.29, 0.717) is 5.88 Å². The molecular weight excluding hydrogens is 242 g/mol. The lowest BCUT2D eigenvalue weighted by Crippen LogP contribution is -1.91. The van der Waals surface area contributed by atoms with Gasteiger partial charge in [0.1, 0.15) is 0 Å². The van der Waals surface area contributed by atoms with Gasteiger partial charge < -0.3 is 4.74 Å². The minimum atomic E-state index is 0.688. The van der Waals surface area contributed by atoms with Crippen molar-refractivity contribution in [3.05, 3.63) is 34.4 Å². The molecule has 0 atom stereocenters. The minimum absolute atomic E-state index is 0.688. The summed E-state index contributed by atoms with van der Waals surface area (Å²) in [5, 5.41) is 2.19. The van der Waals surface area contributed by atoms with Gasteiger partial charge in [-0.3, -0.25) is 0 Å². The van der Waals surface area contributed by atoms with Crippen LogP contribution >= 0.6 is 15.9 Å². The lowest BCUT2D eigenvalue weighted by atomic mass is 10.1. The van der Waals surface area contributed by atoms with E-state index in [0.717, 1.165) is 20.9 Å². The topological polar surface area (TPSA) is 22.1 Å². The van der Waals surface area contributed by atoms with Crippen molar-refractivity contribution in [3.8, 4) is 5.88 Å². The average molecular weight is 252 g/mol. The third kappa shape index (κ3) is 1.60. The van der Waals surface area contributed by atoms with Gasteiger partial charge in [0.25, 0.3) is 0 Å². The summed E-state index contributed by atoms with van der Waals surface area (Å²) in [6, 6.07) is 8.10. The summed E-state index contributed by atoms with van der Waals surface area (Å²) in [4.78, 5) is 4.31. The highest BCUT2D eigenvalue weighted by molar-refractivity contribution is 9.10. The van der Waals surface area contributed by atoms with Crippen molar-refractivity contribution in [1.82, 2.24) is 4.98 Å². The smallest absolute Gasteiger partial charge is 0.221 e. The quantitative estimate of drug-likeness (QED) is 0.776. The van der Waals surface area contributed by atoms with E-state index in [1.54, 1.807) is 7.11 Å². The van der Waals surface area contributed by atoms with Gasteiger partial charge in [-0.2, -0.15) is 0 Å². The van der Waals surface area contributed by atoms with Gasteiger partial charge in [0.2, 0.25) is 5.88 Å². The standard InChI is InChI=1S/C11H10BrNO/c1-7-5-8-6-9(12)3-4-10(8)11(13-7)14-2/h3-6H,1-2H3. The van der Waals surface area contributed by atoms with E-state index in [1.807, 2.05) is 25.1 Å². The van der Waals surface area contributed by atoms with E-state index < -0.39 is 0 Å². The van der Waals surface area contributed by atoms with Gasteiger partial charge in [0, 0.05) is 15.6 Å². The first-order chi connectivity index (χ1) is 6.70. The summed E-state index contributed by atoms with van der Waals surface area (Å²) in [6.45, 7) is 1.96. The fraction of sp³-hybridized carbons (Fsp3) is 0.182. The van der Waals surface area contributed by atoms with Crippen molar-refractivity contribution in [1.29, 1.82) is 0 Å². The first kappa shape index (κ1) is 9.46. The lowest BCUT2D eigenvalue weighted by molar-refractivity contribution is 0.402. The van der Waals surface area contributed by atoms with Crippen molar-refractivity contribution in [2.75, 3.05) is 7.11 Å². The summed E-state index contributed by atoms with van der Waals surface area (Å²) >= 11 is 3.44. The third-order valence-corrected chi connectivity index (χ3v) is 2.57. The highest BCUT2D eigenvalue weighted by Crippen LogP contribution is 2.26. The second kappa shape index (κ2) is 3.58. The summed E-state index contributed by atoms with van der Waals surface area (Å²) in [5.41, 5.74) is 0.965. The van der Waals surface area contributed by atoms with Crippen LogP contribution in [0.4, 0.5) is 0 Å². The largest absolute Gasteiger partial charge is 0.481 e. The molecule has 0 saturated carbocycles. The molecule has 0 N–H and O–H groups in total. The molecule has 72 valence electrons. The summed E-state index contributed by atoms with van der Waals surface area (Å²) in [6.07, 6.45) is 0. The Morgan fingerprint density at radius 1 is 1.29 bits per heavy atom. The van der Waals surface area contributed by atoms with Crippen LogP contribution in [0.15, 0.2) is 28.7 Å². The number of ether oxygens (including phenoxy) is 1. The van der Waals surface area contributed by atoms with E-state index in [-0.39, 0.29) is 0 Å². The Kier molecular flexibility index (Phi) is 2.42. The Balaban J connectivity index is 2.81. The van der Waals surface area contributed by atoms with Crippen molar-refractivity contribution in [2.45, 2.75) is 6.92 Å². The van der Waals surface area contributed by atoms with E-state index in [4.69, 9.17) is 4.74 Å². The molecule has 0 spiro atoms. The number of rotatable bonds is 1. The molecule has 0 saturated heterocycles. The maximum atomic E-state index is 5.22.